The van der Waals surface area contributed by atoms with Gasteiger partial charge in [-0.2, -0.15) is 0 Å². The first kappa shape index (κ1) is 24.9. The molecule has 0 unspecified atom stereocenters. The van der Waals surface area contributed by atoms with E-state index in [0.717, 1.165) is 21.0 Å². The molecule has 0 bridgehead atoms. The van der Waals surface area contributed by atoms with E-state index in [9.17, 15) is 13.2 Å². The molecule has 0 aliphatic carbocycles. The van der Waals surface area contributed by atoms with E-state index < -0.39 is 22.5 Å². The average Bonchev–Trinajstić information content (AvgIpc) is 2.76. The number of methoxy groups -OCH3 is 1. The second kappa shape index (κ2) is 10.0. The van der Waals surface area contributed by atoms with Crippen LogP contribution in [0, 0.1) is 20.8 Å². The first-order valence-corrected chi connectivity index (χ1v) is 12.2. The maximum absolute atomic E-state index is 13.8. The van der Waals surface area contributed by atoms with Gasteiger partial charge in [0.25, 0.3) is 10.0 Å². The zero-order valence-electron chi connectivity index (χ0n) is 18.6. The van der Waals surface area contributed by atoms with Crippen LogP contribution in [0.5, 0.6) is 5.75 Å². The molecule has 3 rings (SSSR count). The predicted molar refractivity (Wildman–Crippen MR) is 133 cm³/mol. The van der Waals surface area contributed by atoms with Crippen LogP contribution in [-0.4, -0.2) is 28.0 Å². The van der Waals surface area contributed by atoms with Gasteiger partial charge >= 0.3 is 0 Å². The molecule has 0 fully saturated rings. The summed E-state index contributed by atoms with van der Waals surface area (Å²) in [5.74, 6) is -0.346. The summed E-state index contributed by atoms with van der Waals surface area (Å²) in [4.78, 5) is 12.9. The molecule has 9 heteroatoms. The summed E-state index contributed by atoms with van der Waals surface area (Å²) < 4.78 is 33.9. The number of aryl methyl sites for hydroxylation is 3. The van der Waals surface area contributed by atoms with Crippen molar-refractivity contribution in [1.29, 1.82) is 0 Å². The molecule has 0 saturated heterocycles. The molecule has 0 radical (unpaired) electrons. The number of anilines is 2. The van der Waals surface area contributed by atoms with E-state index in [2.05, 4.69) is 5.32 Å². The normalized spacial score (nSPS) is 11.2. The maximum atomic E-state index is 13.8. The van der Waals surface area contributed by atoms with Crippen molar-refractivity contribution < 1.29 is 17.9 Å². The minimum Gasteiger partial charge on any atom is -0.495 e. The van der Waals surface area contributed by atoms with Crippen molar-refractivity contribution in [3.63, 3.8) is 0 Å². The van der Waals surface area contributed by atoms with Crippen LogP contribution in [0.25, 0.3) is 0 Å². The lowest BCUT2D eigenvalue weighted by molar-refractivity contribution is -0.114. The molecule has 0 heterocycles. The van der Waals surface area contributed by atoms with Crippen molar-refractivity contribution >= 4 is 50.5 Å². The maximum Gasteiger partial charge on any atom is 0.268 e. The van der Waals surface area contributed by atoms with Crippen molar-refractivity contribution in [3.8, 4) is 5.75 Å². The molecule has 1 amide bonds. The number of carbonyl (C=O) groups is 1. The van der Waals surface area contributed by atoms with Crippen molar-refractivity contribution in [1.82, 2.24) is 0 Å². The molecule has 3 aromatic carbocycles. The second-order valence-electron chi connectivity index (χ2n) is 7.61. The Morgan fingerprint density at radius 3 is 2.30 bits per heavy atom. The number of halogens is 2. The van der Waals surface area contributed by atoms with Gasteiger partial charge in [-0.1, -0.05) is 35.3 Å². The Morgan fingerprint density at radius 2 is 1.67 bits per heavy atom. The minimum absolute atomic E-state index is 0.0226. The topological polar surface area (TPSA) is 75.7 Å². The molecule has 1 N–H and O–H groups in total. The number of nitrogens with zero attached hydrogens (tertiary/aromatic N) is 1. The van der Waals surface area contributed by atoms with Crippen molar-refractivity contribution in [2.45, 2.75) is 25.7 Å². The third-order valence-electron chi connectivity index (χ3n) is 5.16. The quantitative estimate of drug-likeness (QED) is 0.441. The summed E-state index contributed by atoms with van der Waals surface area (Å²) in [6.45, 7) is 5.14. The lowest BCUT2D eigenvalue weighted by atomic mass is 10.1. The van der Waals surface area contributed by atoms with Crippen molar-refractivity contribution in [2.24, 2.45) is 0 Å². The van der Waals surface area contributed by atoms with E-state index in [1.54, 1.807) is 43.3 Å². The molecule has 33 heavy (non-hydrogen) atoms. The Kier molecular flexibility index (Phi) is 7.57. The fourth-order valence-electron chi connectivity index (χ4n) is 3.20. The summed E-state index contributed by atoms with van der Waals surface area (Å²) in [6, 6.07) is 14.7. The first-order valence-electron chi connectivity index (χ1n) is 10.0. The highest BCUT2D eigenvalue weighted by Gasteiger charge is 2.30. The third-order valence-corrected chi connectivity index (χ3v) is 7.69. The zero-order valence-corrected chi connectivity index (χ0v) is 21.0. The highest BCUT2D eigenvalue weighted by Crippen LogP contribution is 2.32. The highest BCUT2D eigenvalue weighted by molar-refractivity contribution is 7.93. The molecular formula is C24H24Cl2N2O4S. The predicted octanol–water partition coefficient (Wildman–Crippen LogP) is 5.76. The van der Waals surface area contributed by atoms with Gasteiger partial charge in [-0.25, -0.2) is 8.42 Å². The lowest BCUT2D eigenvalue weighted by Crippen LogP contribution is -2.38. The third kappa shape index (κ3) is 5.61. The Bertz CT molecular complexity index is 1310. The largest absolute Gasteiger partial charge is 0.495 e. The van der Waals surface area contributed by atoms with E-state index in [0.29, 0.717) is 16.4 Å². The fraction of sp³-hybridized carbons (Fsp3) is 0.208. The Hall–Kier alpha value is -2.74. The average molecular weight is 507 g/mol. The second-order valence-corrected chi connectivity index (χ2v) is 10.3. The van der Waals surface area contributed by atoms with Gasteiger partial charge in [-0.05, 0) is 79.9 Å². The van der Waals surface area contributed by atoms with Gasteiger partial charge in [0.1, 0.15) is 17.2 Å². The molecule has 6 nitrogen and oxygen atoms in total. The highest BCUT2D eigenvalue weighted by atomic mass is 35.5. The van der Waals surface area contributed by atoms with Crippen LogP contribution >= 0.6 is 23.2 Å². The van der Waals surface area contributed by atoms with Crippen LogP contribution in [0.15, 0.2) is 59.5 Å². The molecule has 0 aromatic heterocycles. The van der Waals surface area contributed by atoms with E-state index in [4.69, 9.17) is 27.9 Å². The van der Waals surface area contributed by atoms with Crippen LogP contribution in [0.3, 0.4) is 0 Å². The smallest absolute Gasteiger partial charge is 0.268 e. The molecular weight excluding hydrogens is 483 g/mol. The van der Waals surface area contributed by atoms with Gasteiger partial charge in [0.05, 0.1) is 22.8 Å². The number of benzene rings is 3. The Morgan fingerprint density at radius 1 is 0.939 bits per heavy atom. The summed E-state index contributed by atoms with van der Waals surface area (Å²) in [7, 11) is -2.75. The molecule has 0 aliphatic heterocycles. The van der Waals surface area contributed by atoms with Gasteiger partial charge in [-0.15, -0.1) is 0 Å². The standard InChI is InChI=1S/C24H24Cl2N2O4S/c1-15-5-10-22(32-4)23(11-15)33(30,31)28(19-8-6-16(2)17(3)12-19)14-24(29)27-18-7-9-20(25)21(26)13-18/h5-13H,14H2,1-4H3,(H,27,29). The number of sulfonamides is 1. The first-order chi connectivity index (χ1) is 15.5. The molecule has 0 spiro atoms. The fourth-order valence-corrected chi connectivity index (χ4v) is 5.16. The summed E-state index contributed by atoms with van der Waals surface area (Å²) >= 11 is 12.0. The van der Waals surface area contributed by atoms with Gasteiger partial charge in [-0.3, -0.25) is 9.10 Å². The van der Waals surface area contributed by atoms with Gasteiger partial charge in [0.15, 0.2) is 0 Å². The molecule has 0 atom stereocenters. The monoisotopic (exact) mass is 506 g/mol. The molecule has 3 aromatic rings. The number of amides is 1. The van der Waals surface area contributed by atoms with Gasteiger partial charge in [0, 0.05) is 5.69 Å². The van der Waals surface area contributed by atoms with Gasteiger partial charge in [0.2, 0.25) is 5.91 Å². The number of hydrogen-bond acceptors (Lipinski definition) is 4. The number of hydrogen-bond donors (Lipinski definition) is 1. The van der Waals surface area contributed by atoms with Crippen LogP contribution in [0.1, 0.15) is 16.7 Å². The Balaban J connectivity index is 2.04. The molecule has 174 valence electrons. The van der Waals surface area contributed by atoms with E-state index in [-0.39, 0.29) is 15.7 Å². The van der Waals surface area contributed by atoms with Crippen LogP contribution in [0.4, 0.5) is 11.4 Å². The molecule has 0 aliphatic rings. The van der Waals surface area contributed by atoms with Gasteiger partial charge < -0.3 is 10.1 Å². The SMILES string of the molecule is COc1ccc(C)cc1S(=O)(=O)N(CC(=O)Nc1ccc(Cl)c(Cl)c1)c1ccc(C)c(C)c1. The summed E-state index contributed by atoms with van der Waals surface area (Å²) in [6.07, 6.45) is 0. The number of nitrogens with one attached hydrogen (secondary N) is 1. The van der Waals surface area contributed by atoms with Crippen LogP contribution in [-0.2, 0) is 14.8 Å². The summed E-state index contributed by atoms with van der Waals surface area (Å²) in [5, 5.41) is 3.30. The van der Waals surface area contributed by atoms with Crippen LogP contribution < -0.4 is 14.4 Å². The van der Waals surface area contributed by atoms with E-state index in [1.165, 1.54) is 19.2 Å². The van der Waals surface area contributed by atoms with Crippen molar-refractivity contribution in [2.75, 3.05) is 23.3 Å². The Labute approximate surface area is 204 Å². The van der Waals surface area contributed by atoms with Crippen LogP contribution in [0.2, 0.25) is 10.0 Å². The van der Waals surface area contributed by atoms with E-state index in [1.807, 2.05) is 19.9 Å². The molecule has 0 saturated carbocycles. The van der Waals surface area contributed by atoms with Crippen molar-refractivity contribution in [3.05, 3.63) is 81.3 Å². The number of carbonyl (C=O) groups excluding carboxylic acids is 1. The lowest BCUT2D eigenvalue weighted by Gasteiger charge is -2.26. The zero-order chi connectivity index (χ0) is 24.3. The number of rotatable bonds is 7. The minimum atomic E-state index is -4.15. The number of ether oxygens (including phenoxy) is 1. The summed E-state index contributed by atoms with van der Waals surface area (Å²) in [5.41, 5.74) is 3.42. The van der Waals surface area contributed by atoms with E-state index >= 15 is 0 Å².